The summed E-state index contributed by atoms with van der Waals surface area (Å²) in [5.41, 5.74) is 2.93. The first-order valence-corrected chi connectivity index (χ1v) is 4.24. The molecule has 2 rings (SSSR count). The van der Waals surface area contributed by atoms with Crippen LogP contribution in [0.25, 0.3) is 10.9 Å². The van der Waals surface area contributed by atoms with Gasteiger partial charge in [-0.1, -0.05) is 0 Å². The molecule has 0 aliphatic heterocycles. The lowest BCUT2D eigenvalue weighted by atomic mass is 10.1. The highest BCUT2D eigenvalue weighted by Gasteiger charge is 2.04. The highest BCUT2D eigenvalue weighted by atomic mass is 16.3. The van der Waals surface area contributed by atoms with Crippen LogP contribution in [-0.4, -0.2) is 10.1 Å². The predicted octanol–water partition coefficient (Wildman–Crippen LogP) is 2.56. The van der Waals surface area contributed by atoms with E-state index in [1.807, 2.05) is 26.0 Å². The molecule has 0 aliphatic carbocycles. The summed E-state index contributed by atoms with van der Waals surface area (Å²) in [4.78, 5) is 4.24. The maximum absolute atomic E-state index is 9.47. The average Bonchev–Trinajstić information content (AvgIpc) is 2.12. The molecule has 1 heterocycles. The standard InChI is InChI=1S/C11H11NO/c1-7-5-6-12-11-8(2)10(13)4-3-9(7)11/h3-6,13H,1-2H3. The third kappa shape index (κ3) is 1.15. The van der Waals surface area contributed by atoms with Crippen LogP contribution in [0.3, 0.4) is 0 Å². The number of fused-ring (bicyclic) bond motifs is 1. The molecule has 0 saturated heterocycles. The first-order valence-electron chi connectivity index (χ1n) is 4.24. The molecule has 0 amide bonds. The Labute approximate surface area is 76.9 Å². The molecule has 66 valence electrons. The van der Waals surface area contributed by atoms with E-state index in [0.717, 1.165) is 16.5 Å². The van der Waals surface area contributed by atoms with E-state index in [9.17, 15) is 5.11 Å². The Morgan fingerprint density at radius 2 is 1.92 bits per heavy atom. The number of aryl methyl sites for hydroxylation is 2. The fraction of sp³-hybridized carbons (Fsp3) is 0.182. The minimum atomic E-state index is 0.311. The van der Waals surface area contributed by atoms with Crippen LogP contribution < -0.4 is 0 Å². The van der Waals surface area contributed by atoms with Gasteiger partial charge in [0.2, 0.25) is 0 Å². The maximum Gasteiger partial charge on any atom is 0.120 e. The van der Waals surface area contributed by atoms with Gasteiger partial charge in [-0.2, -0.15) is 0 Å². The topological polar surface area (TPSA) is 33.1 Å². The van der Waals surface area contributed by atoms with Crippen molar-refractivity contribution in [3.05, 3.63) is 35.5 Å². The summed E-state index contributed by atoms with van der Waals surface area (Å²) in [5, 5.41) is 10.6. The van der Waals surface area contributed by atoms with E-state index in [2.05, 4.69) is 4.98 Å². The summed E-state index contributed by atoms with van der Waals surface area (Å²) in [5.74, 6) is 0.311. The molecule has 1 aromatic carbocycles. The number of nitrogens with zero attached hydrogens (tertiary/aromatic N) is 1. The number of hydrogen-bond acceptors (Lipinski definition) is 2. The number of hydrogen-bond donors (Lipinski definition) is 1. The van der Waals surface area contributed by atoms with Crippen LogP contribution in [0.4, 0.5) is 0 Å². The van der Waals surface area contributed by atoms with Crippen molar-refractivity contribution in [1.29, 1.82) is 0 Å². The largest absolute Gasteiger partial charge is 0.508 e. The number of pyridine rings is 1. The zero-order chi connectivity index (χ0) is 9.42. The van der Waals surface area contributed by atoms with E-state index in [4.69, 9.17) is 0 Å². The third-order valence-electron chi connectivity index (χ3n) is 2.36. The van der Waals surface area contributed by atoms with Crippen molar-refractivity contribution in [3.8, 4) is 5.75 Å². The normalized spacial score (nSPS) is 10.6. The van der Waals surface area contributed by atoms with Crippen LogP contribution in [0.15, 0.2) is 24.4 Å². The van der Waals surface area contributed by atoms with Gasteiger partial charge in [-0.3, -0.25) is 4.98 Å². The number of phenolic OH excluding ortho intramolecular Hbond substituents is 1. The molecule has 0 radical (unpaired) electrons. The zero-order valence-corrected chi connectivity index (χ0v) is 7.70. The molecule has 13 heavy (non-hydrogen) atoms. The molecule has 0 atom stereocenters. The van der Waals surface area contributed by atoms with Crippen LogP contribution in [-0.2, 0) is 0 Å². The van der Waals surface area contributed by atoms with Crippen LogP contribution >= 0.6 is 0 Å². The Kier molecular flexibility index (Phi) is 1.69. The Balaban J connectivity index is 2.94. The first-order chi connectivity index (χ1) is 6.20. The van der Waals surface area contributed by atoms with Crippen molar-refractivity contribution < 1.29 is 5.11 Å². The summed E-state index contributed by atoms with van der Waals surface area (Å²) in [6.45, 7) is 3.92. The van der Waals surface area contributed by atoms with Crippen molar-refractivity contribution in [2.24, 2.45) is 0 Å². The summed E-state index contributed by atoms with van der Waals surface area (Å²) in [6.07, 6.45) is 1.77. The second kappa shape index (κ2) is 2.73. The summed E-state index contributed by atoms with van der Waals surface area (Å²) >= 11 is 0. The highest BCUT2D eigenvalue weighted by molar-refractivity contribution is 5.86. The average molecular weight is 173 g/mol. The van der Waals surface area contributed by atoms with E-state index in [1.165, 1.54) is 5.56 Å². The number of phenols is 1. The molecule has 0 aliphatic rings. The lowest BCUT2D eigenvalue weighted by Gasteiger charge is -2.05. The van der Waals surface area contributed by atoms with Crippen LogP contribution in [0.1, 0.15) is 11.1 Å². The van der Waals surface area contributed by atoms with Crippen molar-refractivity contribution in [2.45, 2.75) is 13.8 Å². The SMILES string of the molecule is Cc1ccnc2c(C)c(O)ccc12. The second-order valence-electron chi connectivity index (χ2n) is 3.23. The molecule has 0 bridgehead atoms. The molecule has 0 spiro atoms. The quantitative estimate of drug-likeness (QED) is 0.664. The van der Waals surface area contributed by atoms with Gasteiger partial charge in [0.25, 0.3) is 0 Å². The molecule has 0 unspecified atom stereocenters. The van der Waals surface area contributed by atoms with E-state index in [-0.39, 0.29) is 0 Å². The Hall–Kier alpha value is -1.57. The lowest BCUT2D eigenvalue weighted by molar-refractivity contribution is 0.472. The number of aromatic hydroxyl groups is 1. The summed E-state index contributed by atoms with van der Waals surface area (Å²) < 4.78 is 0. The van der Waals surface area contributed by atoms with E-state index in [0.29, 0.717) is 5.75 Å². The maximum atomic E-state index is 9.47. The van der Waals surface area contributed by atoms with Crippen molar-refractivity contribution >= 4 is 10.9 Å². The van der Waals surface area contributed by atoms with Gasteiger partial charge >= 0.3 is 0 Å². The van der Waals surface area contributed by atoms with Crippen LogP contribution in [0, 0.1) is 13.8 Å². The number of rotatable bonds is 0. The van der Waals surface area contributed by atoms with E-state index >= 15 is 0 Å². The fourth-order valence-corrected chi connectivity index (χ4v) is 1.49. The van der Waals surface area contributed by atoms with Gasteiger partial charge < -0.3 is 5.11 Å². The molecule has 1 aromatic heterocycles. The minimum Gasteiger partial charge on any atom is -0.508 e. The van der Waals surface area contributed by atoms with Crippen molar-refractivity contribution in [2.75, 3.05) is 0 Å². The van der Waals surface area contributed by atoms with Gasteiger partial charge in [0, 0.05) is 17.1 Å². The smallest absolute Gasteiger partial charge is 0.120 e. The molecular weight excluding hydrogens is 162 g/mol. The highest BCUT2D eigenvalue weighted by Crippen LogP contribution is 2.25. The molecule has 1 N–H and O–H groups in total. The number of aromatic nitrogens is 1. The minimum absolute atomic E-state index is 0.311. The van der Waals surface area contributed by atoms with Gasteiger partial charge in [0.1, 0.15) is 5.75 Å². The van der Waals surface area contributed by atoms with E-state index < -0.39 is 0 Å². The molecular formula is C11H11NO. The fourth-order valence-electron chi connectivity index (χ4n) is 1.49. The van der Waals surface area contributed by atoms with Crippen LogP contribution in [0.2, 0.25) is 0 Å². The van der Waals surface area contributed by atoms with Gasteiger partial charge in [-0.15, -0.1) is 0 Å². The number of benzene rings is 1. The zero-order valence-electron chi connectivity index (χ0n) is 7.70. The monoisotopic (exact) mass is 173 g/mol. The lowest BCUT2D eigenvalue weighted by Crippen LogP contribution is -1.86. The van der Waals surface area contributed by atoms with Crippen molar-refractivity contribution in [3.63, 3.8) is 0 Å². The van der Waals surface area contributed by atoms with Crippen LogP contribution in [0.5, 0.6) is 5.75 Å². The van der Waals surface area contributed by atoms with E-state index in [1.54, 1.807) is 12.3 Å². The molecule has 0 fully saturated rings. The summed E-state index contributed by atoms with van der Waals surface area (Å²) in [7, 11) is 0. The molecule has 2 nitrogen and oxygen atoms in total. The van der Waals surface area contributed by atoms with Gasteiger partial charge in [-0.25, -0.2) is 0 Å². The molecule has 2 aromatic rings. The predicted molar refractivity (Wildman–Crippen MR) is 52.9 cm³/mol. The Bertz CT molecular complexity index is 463. The molecule has 2 heteroatoms. The first kappa shape index (κ1) is 8.05. The Morgan fingerprint density at radius 3 is 2.69 bits per heavy atom. The van der Waals surface area contributed by atoms with Gasteiger partial charge in [-0.05, 0) is 37.6 Å². The van der Waals surface area contributed by atoms with Gasteiger partial charge in [0.05, 0.1) is 5.52 Å². The van der Waals surface area contributed by atoms with Gasteiger partial charge in [0.15, 0.2) is 0 Å². The second-order valence-corrected chi connectivity index (χ2v) is 3.23. The molecule has 0 saturated carbocycles. The third-order valence-corrected chi connectivity index (χ3v) is 2.36. The summed E-state index contributed by atoms with van der Waals surface area (Å²) in [6, 6.07) is 5.59. The Morgan fingerprint density at radius 1 is 1.15 bits per heavy atom. The van der Waals surface area contributed by atoms with Crippen molar-refractivity contribution in [1.82, 2.24) is 4.98 Å².